The Balaban J connectivity index is 2.09. The van der Waals surface area contributed by atoms with E-state index in [1.807, 2.05) is 25.1 Å². The Hall–Kier alpha value is -1.94. The molecule has 0 spiro atoms. The van der Waals surface area contributed by atoms with Gasteiger partial charge < -0.3 is 4.90 Å². The number of benzene rings is 1. The van der Waals surface area contributed by atoms with Crippen molar-refractivity contribution in [1.29, 1.82) is 0 Å². The van der Waals surface area contributed by atoms with Gasteiger partial charge in [0.05, 0.1) is 12.4 Å². The first-order valence-electron chi connectivity index (χ1n) is 5.85. The molecule has 1 amide bonds. The van der Waals surface area contributed by atoms with Gasteiger partial charge >= 0.3 is 0 Å². The van der Waals surface area contributed by atoms with Gasteiger partial charge in [0.1, 0.15) is 10.8 Å². The van der Waals surface area contributed by atoms with E-state index in [0.29, 0.717) is 12.2 Å². The van der Waals surface area contributed by atoms with Gasteiger partial charge in [-0.15, -0.1) is 0 Å². The van der Waals surface area contributed by atoms with Crippen LogP contribution in [0.25, 0.3) is 0 Å². The largest absolute Gasteiger partial charge is 0.336 e. The molecule has 0 bridgehead atoms. The normalized spacial score (nSPS) is 10.3. The quantitative estimate of drug-likeness (QED) is 0.865. The number of nitrogens with zero attached hydrogens (tertiary/aromatic N) is 3. The summed E-state index contributed by atoms with van der Waals surface area (Å²) in [6, 6.07) is 8.04. The third-order valence-electron chi connectivity index (χ3n) is 2.69. The zero-order chi connectivity index (χ0) is 13.8. The van der Waals surface area contributed by atoms with Gasteiger partial charge in [0.25, 0.3) is 5.91 Å². The Morgan fingerprint density at radius 2 is 2.11 bits per heavy atom. The Labute approximate surface area is 117 Å². The Morgan fingerprint density at radius 3 is 2.74 bits per heavy atom. The van der Waals surface area contributed by atoms with Crippen LogP contribution in [0.2, 0.25) is 5.15 Å². The van der Waals surface area contributed by atoms with Gasteiger partial charge in [-0.1, -0.05) is 41.4 Å². The number of amides is 1. The van der Waals surface area contributed by atoms with Crippen LogP contribution in [0.1, 0.15) is 21.6 Å². The van der Waals surface area contributed by atoms with E-state index in [4.69, 9.17) is 11.6 Å². The van der Waals surface area contributed by atoms with Gasteiger partial charge in [-0.3, -0.25) is 4.79 Å². The highest BCUT2D eigenvalue weighted by Crippen LogP contribution is 2.09. The molecule has 1 heterocycles. The predicted molar refractivity (Wildman–Crippen MR) is 74.0 cm³/mol. The first-order chi connectivity index (χ1) is 9.06. The zero-order valence-electron chi connectivity index (χ0n) is 10.8. The summed E-state index contributed by atoms with van der Waals surface area (Å²) < 4.78 is 0. The van der Waals surface area contributed by atoms with Crippen LogP contribution in [0.4, 0.5) is 0 Å². The highest BCUT2D eigenvalue weighted by molar-refractivity contribution is 6.29. The fraction of sp³-hybridized carbons (Fsp3) is 0.214. The maximum Gasteiger partial charge on any atom is 0.274 e. The summed E-state index contributed by atoms with van der Waals surface area (Å²) in [4.78, 5) is 21.6. The second kappa shape index (κ2) is 5.80. The van der Waals surface area contributed by atoms with Crippen molar-refractivity contribution in [3.63, 3.8) is 0 Å². The Bertz CT molecular complexity index is 583. The van der Waals surface area contributed by atoms with Gasteiger partial charge in [0.2, 0.25) is 0 Å². The molecule has 0 radical (unpaired) electrons. The minimum Gasteiger partial charge on any atom is -0.336 e. The molecule has 0 saturated carbocycles. The molecule has 0 saturated heterocycles. The molecule has 98 valence electrons. The van der Waals surface area contributed by atoms with Gasteiger partial charge in [0.15, 0.2) is 0 Å². The minimum absolute atomic E-state index is 0.175. The van der Waals surface area contributed by atoms with Crippen LogP contribution >= 0.6 is 11.6 Å². The standard InChI is InChI=1S/C14H14ClN3O/c1-10-4-3-5-11(6-10)9-18(2)14(19)12-7-17-13(15)8-16-12/h3-8H,9H2,1-2H3. The SMILES string of the molecule is Cc1cccc(CN(C)C(=O)c2cnc(Cl)cn2)c1. The molecule has 0 aliphatic rings. The molecule has 0 aliphatic heterocycles. The number of carbonyl (C=O) groups excluding carboxylic acids is 1. The van der Waals surface area contributed by atoms with Crippen molar-refractivity contribution in [3.8, 4) is 0 Å². The summed E-state index contributed by atoms with van der Waals surface area (Å²) in [5.74, 6) is -0.175. The van der Waals surface area contributed by atoms with Crippen molar-refractivity contribution >= 4 is 17.5 Å². The maximum atomic E-state index is 12.1. The molecule has 0 unspecified atom stereocenters. The van der Waals surface area contributed by atoms with Crippen molar-refractivity contribution in [1.82, 2.24) is 14.9 Å². The summed E-state index contributed by atoms with van der Waals surface area (Å²) in [5.41, 5.74) is 2.54. The average Bonchev–Trinajstić information content (AvgIpc) is 2.39. The topological polar surface area (TPSA) is 46.1 Å². The van der Waals surface area contributed by atoms with Crippen molar-refractivity contribution in [3.05, 3.63) is 58.6 Å². The fourth-order valence-electron chi connectivity index (χ4n) is 1.77. The second-order valence-electron chi connectivity index (χ2n) is 4.37. The second-order valence-corrected chi connectivity index (χ2v) is 4.76. The third-order valence-corrected chi connectivity index (χ3v) is 2.88. The van der Waals surface area contributed by atoms with Crippen LogP contribution in [-0.2, 0) is 6.54 Å². The van der Waals surface area contributed by atoms with E-state index >= 15 is 0 Å². The minimum atomic E-state index is -0.175. The lowest BCUT2D eigenvalue weighted by molar-refractivity contribution is 0.0779. The number of halogens is 1. The first kappa shape index (κ1) is 13.5. The zero-order valence-corrected chi connectivity index (χ0v) is 11.6. The highest BCUT2D eigenvalue weighted by Gasteiger charge is 2.13. The first-order valence-corrected chi connectivity index (χ1v) is 6.22. The fourth-order valence-corrected chi connectivity index (χ4v) is 1.87. The molecular weight excluding hydrogens is 262 g/mol. The Morgan fingerprint density at radius 1 is 1.32 bits per heavy atom. The number of rotatable bonds is 3. The van der Waals surface area contributed by atoms with E-state index in [1.165, 1.54) is 18.0 Å². The maximum absolute atomic E-state index is 12.1. The van der Waals surface area contributed by atoms with Crippen LogP contribution in [0.5, 0.6) is 0 Å². The van der Waals surface area contributed by atoms with Crippen LogP contribution in [0.3, 0.4) is 0 Å². The molecular formula is C14H14ClN3O. The smallest absolute Gasteiger partial charge is 0.274 e. The summed E-state index contributed by atoms with van der Waals surface area (Å²) in [5, 5.41) is 0.276. The summed E-state index contributed by atoms with van der Waals surface area (Å²) >= 11 is 5.64. The van der Waals surface area contributed by atoms with Crippen molar-refractivity contribution in [2.45, 2.75) is 13.5 Å². The summed E-state index contributed by atoms with van der Waals surface area (Å²) in [7, 11) is 1.74. The monoisotopic (exact) mass is 275 g/mol. The molecule has 1 aromatic carbocycles. The van der Waals surface area contributed by atoms with E-state index in [2.05, 4.69) is 16.0 Å². The molecule has 4 nitrogen and oxygen atoms in total. The molecule has 2 aromatic rings. The van der Waals surface area contributed by atoms with Crippen molar-refractivity contribution in [2.75, 3.05) is 7.05 Å². The molecule has 19 heavy (non-hydrogen) atoms. The van der Waals surface area contributed by atoms with E-state index in [1.54, 1.807) is 11.9 Å². The van der Waals surface area contributed by atoms with Crippen LogP contribution in [0, 0.1) is 6.92 Å². The number of carbonyl (C=O) groups is 1. The van der Waals surface area contributed by atoms with Crippen molar-refractivity contribution < 1.29 is 4.79 Å². The van der Waals surface area contributed by atoms with E-state index in [9.17, 15) is 4.79 Å². The Kier molecular flexibility index (Phi) is 4.12. The lowest BCUT2D eigenvalue weighted by Gasteiger charge is -2.16. The van der Waals surface area contributed by atoms with Crippen LogP contribution in [-0.4, -0.2) is 27.8 Å². The molecule has 0 N–H and O–H groups in total. The summed E-state index contributed by atoms with van der Waals surface area (Å²) in [6.45, 7) is 2.56. The van der Waals surface area contributed by atoms with E-state index < -0.39 is 0 Å². The molecule has 0 aliphatic carbocycles. The highest BCUT2D eigenvalue weighted by atomic mass is 35.5. The number of hydrogen-bond donors (Lipinski definition) is 0. The van der Waals surface area contributed by atoms with Gasteiger partial charge in [-0.2, -0.15) is 0 Å². The lowest BCUT2D eigenvalue weighted by atomic mass is 10.1. The van der Waals surface area contributed by atoms with Gasteiger partial charge in [-0.25, -0.2) is 9.97 Å². The molecule has 2 rings (SSSR count). The molecule has 1 aromatic heterocycles. The van der Waals surface area contributed by atoms with E-state index in [-0.39, 0.29) is 11.1 Å². The predicted octanol–water partition coefficient (Wildman–Crippen LogP) is 2.71. The molecule has 0 atom stereocenters. The van der Waals surface area contributed by atoms with Gasteiger partial charge in [0, 0.05) is 13.6 Å². The van der Waals surface area contributed by atoms with E-state index in [0.717, 1.165) is 5.56 Å². The van der Waals surface area contributed by atoms with Crippen LogP contribution in [0.15, 0.2) is 36.7 Å². The van der Waals surface area contributed by atoms with Crippen LogP contribution < -0.4 is 0 Å². The van der Waals surface area contributed by atoms with Gasteiger partial charge in [-0.05, 0) is 12.5 Å². The number of aromatic nitrogens is 2. The number of aryl methyl sites for hydroxylation is 1. The lowest BCUT2D eigenvalue weighted by Crippen LogP contribution is -2.27. The molecule has 0 fully saturated rings. The summed E-state index contributed by atoms with van der Waals surface area (Å²) in [6.07, 6.45) is 2.76. The van der Waals surface area contributed by atoms with Crippen molar-refractivity contribution in [2.24, 2.45) is 0 Å². The third kappa shape index (κ3) is 3.51. The molecule has 5 heteroatoms. The number of hydrogen-bond acceptors (Lipinski definition) is 3. The average molecular weight is 276 g/mol.